The minimum absolute atomic E-state index is 0.382. The van der Waals surface area contributed by atoms with E-state index in [-0.39, 0.29) is 0 Å². The van der Waals surface area contributed by atoms with Gasteiger partial charge in [0, 0.05) is 42.5 Å². The number of aromatic nitrogens is 3. The quantitative estimate of drug-likeness (QED) is 0.645. The Kier molecular flexibility index (Phi) is 4.99. The summed E-state index contributed by atoms with van der Waals surface area (Å²) in [7, 11) is 0. The second-order valence-electron chi connectivity index (χ2n) is 7.65. The van der Waals surface area contributed by atoms with Crippen molar-refractivity contribution >= 4 is 27.4 Å². The van der Waals surface area contributed by atoms with E-state index in [2.05, 4.69) is 16.8 Å². The zero-order valence-corrected chi connectivity index (χ0v) is 17.2. The number of thiophene rings is 1. The van der Waals surface area contributed by atoms with E-state index in [0.717, 1.165) is 61.0 Å². The number of aryl methyl sites for hydroxylation is 2. The van der Waals surface area contributed by atoms with Gasteiger partial charge in [0.1, 0.15) is 10.6 Å². The van der Waals surface area contributed by atoms with Gasteiger partial charge in [-0.25, -0.2) is 9.97 Å². The van der Waals surface area contributed by atoms with Crippen molar-refractivity contribution in [2.45, 2.75) is 51.6 Å². The Hall–Kier alpha value is -2.05. The van der Waals surface area contributed by atoms with Crippen molar-refractivity contribution in [1.29, 1.82) is 0 Å². The van der Waals surface area contributed by atoms with Crippen LogP contribution in [0.4, 0.5) is 5.82 Å². The summed E-state index contributed by atoms with van der Waals surface area (Å²) in [5.41, 5.74) is 2.49. The van der Waals surface area contributed by atoms with Crippen molar-refractivity contribution in [2.24, 2.45) is 0 Å². The van der Waals surface area contributed by atoms with E-state index in [9.17, 15) is 0 Å². The van der Waals surface area contributed by atoms with Gasteiger partial charge in [0.05, 0.1) is 11.5 Å². The normalized spacial score (nSPS) is 17.8. The van der Waals surface area contributed by atoms with Crippen LogP contribution in [0.25, 0.3) is 21.6 Å². The molecular weight excluding hydrogens is 368 g/mol. The summed E-state index contributed by atoms with van der Waals surface area (Å²) in [5, 5.41) is 1.31. The molecule has 6 heteroatoms. The Morgan fingerprint density at radius 3 is 2.82 bits per heavy atom. The lowest BCUT2D eigenvalue weighted by atomic mass is 9.96. The van der Waals surface area contributed by atoms with Gasteiger partial charge in [0.2, 0.25) is 0 Å². The molecule has 0 bridgehead atoms. The lowest BCUT2D eigenvalue weighted by Gasteiger charge is -2.33. The fourth-order valence-electron chi connectivity index (χ4n) is 4.46. The number of pyridine rings is 1. The predicted octanol–water partition coefficient (Wildman–Crippen LogP) is 4.64. The highest BCUT2D eigenvalue weighted by atomic mass is 32.1. The fourth-order valence-corrected chi connectivity index (χ4v) is 5.72. The molecule has 5 rings (SSSR count). The first-order chi connectivity index (χ1) is 13.8. The third-order valence-electron chi connectivity index (χ3n) is 5.86. The summed E-state index contributed by atoms with van der Waals surface area (Å²) in [6.07, 6.45) is 11.1. The maximum Gasteiger partial charge on any atom is 0.164 e. The van der Waals surface area contributed by atoms with Crippen LogP contribution in [0.5, 0.6) is 0 Å². The highest BCUT2D eigenvalue weighted by molar-refractivity contribution is 7.19. The largest absolute Gasteiger partial charge is 0.378 e. The maximum absolute atomic E-state index is 5.86. The molecule has 0 saturated carbocycles. The monoisotopic (exact) mass is 394 g/mol. The van der Waals surface area contributed by atoms with Crippen molar-refractivity contribution in [1.82, 2.24) is 15.0 Å². The average molecular weight is 395 g/mol. The Bertz CT molecular complexity index is 964. The molecule has 1 aliphatic carbocycles. The number of piperidine rings is 1. The van der Waals surface area contributed by atoms with Crippen LogP contribution in [0.15, 0.2) is 24.5 Å². The summed E-state index contributed by atoms with van der Waals surface area (Å²) in [5.74, 6) is 1.92. The van der Waals surface area contributed by atoms with Crippen molar-refractivity contribution < 1.29 is 4.74 Å². The Balaban J connectivity index is 1.60. The Morgan fingerprint density at radius 2 is 2.04 bits per heavy atom. The zero-order chi connectivity index (χ0) is 18.9. The van der Waals surface area contributed by atoms with Gasteiger partial charge in [-0.1, -0.05) is 0 Å². The van der Waals surface area contributed by atoms with Gasteiger partial charge in [0.25, 0.3) is 0 Å². The Morgan fingerprint density at radius 1 is 1.18 bits per heavy atom. The van der Waals surface area contributed by atoms with Crippen LogP contribution >= 0.6 is 11.3 Å². The number of ether oxygens (including phenoxy) is 1. The molecule has 1 saturated heterocycles. The lowest BCUT2D eigenvalue weighted by Crippen LogP contribution is -2.37. The van der Waals surface area contributed by atoms with E-state index >= 15 is 0 Å². The van der Waals surface area contributed by atoms with Gasteiger partial charge in [-0.05, 0) is 63.1 Å². The molecule has 0 atom stereocenters. The van der Waals surface area contributed by atoms with Crippen molar-refractivity contribution in [2.75, 3.05) is 24.6 Å². The first-order valence-corrected chi connectivity index (χ1v) is 11.2. The number of hydrogen-bond acceptors (Lipinski definition) is 6. The SMILES string of the molecule is CCOC1CCN(c2nc(-c3cccnc3)nc3sc4c(c23)CCCC4)CC1. The van der Waals surface area contributed by atoms with Crippen LogP contribution in [-0.2, 0) is 17.6 Å². The first-order valence-electron chi connectivity index (χ1n) is 10.4. The first kappa shape index (κ1) is 18.0. The third kappa shape index (κ3) is 3.29. The van der Waals surface area contributed by atoms with Gasteiger partial charge < -0.3 is 9.64 Å². The molecule has 146 valence electrons. The summed E-state index contributed by atoms with van der Waals surface area (Å²) in [6, 6.07) is 4.00. The second-order valence-corrected chi connectivity index (χ2v) is 8.73. The molecule has 1 fully saturated rings. The van der Waals surface area contributed by atoms with E-state index in [1.165, 1.54) is 35.1 Å². The number of rotatable bonds is 4. The standard InChI is InChI=1S/C22H26N4OS/c1-2-27-16-9-12-26(13-10-16)21-19-17-7-3-4-8-18(17)28-22(19)25-20(24-21)15-6-5-11-23-14-15/h5-6,11,14,16H,2-4,7-10,12-13H2,1H3. The number of fused-ring (bicyclic) bond motifs is 3. The molecule has 0 N–H and O–H groups in total. The van der Waals surface area contributed by atoms with Crippen LogP contribution in [-0.4, -0.2) is 40.8 Å². The van der Waals surface area contributed by atoms with E-state index in [1.807, 2.05) is 29.7 Å². The van der Waals surface area contributed by atoms with E-state index in [1.54, 1.807) is 6.20 Å². The molecule has 0 spiro atoms. The zero-order valence-electron chi connectivity index (χ0n) is 16.4. The fraction of sp³-hybridized carbons (Fsp3) is 0.500. The molecule has 0 radical (unpaired) electrons. The summed E-state index contributed by atoms with van der Waals surface area (Å²) < 4.78 is 5.86. The Labute approximate surface area is 169 Å². The lowest BCUT2D eigenvalue weighted by molar-refractivity contribution is 0.0459. The molecule has 1 aliphatic heterocycles. The minimum Gasteiger partial charge on any atom is -0.378 e. The molecule has 0 amide bonds. The van der Waals surface area contributed by atoms with Crippen molar-refractivity contribution in [3.63, 3.8) is 0 Å². The highest BCUT2D eigenvalue weighted by Gasteiger charge is 2.27. The third-order valence-corrected chi connectivity index (χ3v) is 7.04. The van der Waals surface area contributed by atoms with E-state index in [0.29, 0.717) is 6.10 Å². The predicted molar refractivity (Wildman–Crippen MR) is 114 cm³/mol. The van der Waals surface area contributed by atoms with Crippen molar-refractivity contribution in [3.8, 4) is 11.4 Å². The van der Waals surface area contributed by atoms with Crippen LogP contribution < -0.4 is 4.90 Å². The molecule has 5 nitrogen and oxygen atoms in total. The molecule has 2 aliphatic rings. The van der Waals surface area contributed by atoms with Gasteiger partial charge in [-0.2, -0.15) is 0 Å². The summed E-state index contributed by atoms with van der Waals surface area (Å²) in [6.45, 7) is 4.87. The minimum atomic E-state index is 0.382. The van der Waals surface area contributed by atoms with Gasteiger partial charge in [-0.15, -0.1) is 11.3 Å². The van der Waals surface area contributed by atoms with Crippen LogP contribution in [0.3, 0.4) is 0 Å². The maximum atomic E-state index is 5.86. The topological polar surface area (TPSA) is 51.1 Å². The number of anilines is 1. The number of hydrogen-bond donors (Lipinski definition) is 0. The van der Waals surface area contributed by atoms with Crippen LogP contribution in [0.2, 0.25) is 0 Å². The molecule has 3 aromatic heterocycles. The molecule has 28 heavy (non-hydrogen) atoms. The van der Waals surface area contributed by atoms with E-state index < -0.39 is 0 Å². The second kappa shape index (κ2) is 7.76. The summed E-state index contributed by atoms with van der Waals surface area (Å²) in [4.78, 5) is 19.4. The highest BCUT2D eigenvalue weighted by Crippen LogP contribution is 2.41. The number of nitrogens with zero attached hydrogens (tertiary/aromatic N) is 4. The molecule has 0 unspecified atom stereocenters. The average Bonchev–Trinajstić information content (AvgIpc) is 3.13. The molecule has 0 aromatic carbocycles. The van der Waals surface area contributed by atoms with Gasteiger partial charge in [0.15, 0.2) is 5.82 Å². The molecule has 4 heterocycles. The van der Waals surface area contributed by atoms with Crippen molar-refractivity contribution in [3.05, 3.63) is 35.0 Å². The summed E-state index contributed by atoms with van der Waals surface area (Å²) >= 11 is 1.87. The van der Waals surface area contributed by atoms with Crippen LogP contribution in [0.1, 0.15) is 43.0 Å². The van der Waals surface area contributed by atoms with Gasteiger partial charge >= 0.3 is 0 Å². The van der Waals surface area contributed by atoms with E-state index in [4.69, 9.17) is 14.7 Å². The van der Waals surface area contributed by atoms with Gasteiger partial charge in [-0.3, -0.25) is 4.98 Å². The van der Waals surface area contributed by atoms with Crippen LogP contribution in [0, 0.1) is 0 Å². The molecular formula is C22H26N4OS. The smallest absolute Gasteiger partial charge is 0.164 e. The molecule has 3 aromatic rings.